The average molecular weight is 280 g/mol. The van der Waals surface area contributed by atoms with Gasteiger partial charge >= 0.3 is 0 Å². The molecule has 0 spiro atoms. The highest BCUT2D eigenvalue weighted by atomic mass is 15.1. The SMILES string of the molecule is Cc1ccccc1-c1cccc(CN2CC[C@@H](CN)C2)c1. The van der Waals surface area contributed by atoms with E-state index in [1.54, 1.807) is 0 Å². The Morgan fingerprint density at radius 1 is 1.14 bits per heavy atom. The van der Waals surface area contributed by atoms with Crippen LogP contribution in [0.4, 0.5) is 0 Å². The molecule has 2 aromatic carbocycles. The third-order valence-electron chi connectivity index (χ3n) is 4.49. The first kappa shape index (κ1) is 14.3. The monoisotopic (exact) mass is 280 g/mol. The molecular weight excluding hydrogens is 256 g/mol. The molecule has 1 aliphatic rings. The first-order chi connectivity index (χ1) is 10.3. The highest BCUT2D eigenvalue weighted by molar-refractivity contribution is 5.67. The zero-order chi connectivity index (χ0) is 14.7. The maximum atomic E-state index is 5.78. The molecule has 1 aliphatic heterocycles. The number of rotatable bonds is 4. The summed E-state index contributed by atoms with van der Waals surface area (Å²) in [6.07, 6.45) is 1.24. The fraction of sp³-hybridized carbons (Fsp3) is 0.368. The second kappa shape index (κ2) is 6.42. The van der Waals surface area contributed by atoms with Gasteiger partial charge in [0, 0.05) is 13.1 Å². The molecule has 0 aromatic heterocycles. The van der Waals surface area contributed by atoms with E-state index < -0.39 is 0 Å². The predicted octanol–water partition coefficient (Wildman–Crippen LogP) is 3.44. The number of hydrogen-bond acceptors (Lipinski definition) is 2. The highest BCUT2D eigenvalue weighted by Gasteiger charge is 2.20. The molecule has 3 rings (SSSR count). The molecule has 0 radical (unpaired) electrons. The highest BCUT2D eigenvalue weighted by Crippen LogP contribution is 2.25. The van der Waals surface area contributed by atoms with Crippen LogP contribution < -0.4 is 5.73 Å². The van der Waals surface area contributed by atoms with Crippen LogP contribution >= 0.6 is 0 Å². The van der Waals surface area contributed by atoms with E-state index >= 15 is 0 Å². The van der Waals surface area contributed by atoms with Crippen molar-refractivity contribution >= 4 is 0 Å². The number of likely N-dealkylation sites (tertiary alicyclic amines) is 1. The number of hydrogen-bond donors (Lipinski definition) is 1. The molecule has 2 aromatic rings. The maximum Gasteiger partial charge on any atom is 0.0234 e. The van der Waals surface area contributed by atoms with Crippen molar-refractivity contribution in [2.24, 2.45) is 11.7 Å². The smallest absolute Gasteiger partial charge is 0.0234 e. The van der Waals surface area contributed by atoms with Crippen molar-refractivity contribution in [3.63, 3.8) is 0 Å². The van der Waals surface area contributed by atoms with Gasteiger partial charge in [-0.1, -0.05) is 42.5 Å². The van der Waals surface area contributed by atoms with Crippen molar-refractivity contribution in [2.75, 3.05) is 19.6 Å². The van der Waals surface area contributed by atoms with Crippen LogP contribution in [0.5, 0.6) is 0 Å². The van der Waals surface area contributed by atoms with Crippen LogP contribution in [0, 0.1) is 12.8 Å². The number of benzene rings is 2. The lowest BCUT2D eigenvalue weighted by atomic mass is 9.99. The van der Waals surface area contributed by atoms with E-state index in [0.717, 1.165) is 19.6 Å². The largest absolute Gasteiger partial charge is 0.330 e. The summed E-state index contributed by atoms with van der Waals surface area (Å²) >= 11 is 0. The Bertz CT molecular complexity index is 606. The summed E-state index contributed by atoms with van der Waals surface area (Å²) in [7, 11) is 0. The fourth-order valence-electron chi connectivity index (χ4n) is 3.24. The number of nitrogens with two attached hydrogens (primary N) is 1. The summed E-state index contributed by atoms with van der Waals surface area (Å²) in [6.45, 7) is 6.35. The Hall–Kier alpha value is -1.64. The lowest BCUT2D eigenvalue weighted by molar-refractivity contribution is 0.318. The van der Waals surface area contributed by atoms with E-state index in [0.29, 0.717) is 5.92 Å². The Morgan fingerprint density at radius 3 is 2.76 bits per heavy atom. The fourth-order valence-corrected chi connectivity index (χ4v) is 3.24. The van der Waals surface area contributed by atoms with Crippen molar-refractivity contribution in [1.82, 2.24) is 4.90 Å². The molecule has 1 atom stereocenters. The second-order valence-electron chi connectivity index (χ2n) is 6.14. The van der Waals surface area contributed by atoms with Crippen LogP contribution in [-0.2, 0) is 6.54 Å². The van der Waals surface area contributed by atoms with Crippen molar-refractivity contribution in [2.45, 2.75) is 19.9 Å². The summed E-state index contributed by atoms with van der Waals surface area (Å²) < 4.78 is 0. The van der Waals surface area contributed by atoms with Gasteiger partial charge < -0.3 is 5.73 Å². The summed E-state index contributed by atoms with van der Waals surface area (Å²) in [4.78, 5) is 2.52. The summed E-state index contributed by atoms with van der Waals surface area (Å²) in [5, 5.41) is 0. The zero-order valence-corrected chi connectivity index (χ0v) is 12.8. The molecule has 2 N–H and O–H groups in total. The Labute approximate surface area is 127 Å². The molecule has 0 amide bonds. The van der Waals surface area contributed by atoms with Gasteiger partial charge in [0.1, 0.15) is 0 Å². The zero-order valence-electron chi connectivity index (χ0n) is 12.8. The van der Waals surface area contributed by atoms with Crippen LogP contribution in [0.2, 0.25) is 0 Å². The molecule has 2 heteroatoms. The van der Waals surface area contributed by atoms with Crippen LogP contribution in [0.15, 0.2) is 48.5 Å². The topological polar surface area (TPSA) is 29.3 Å². The van der Waals surface area contributed by atoms with E-state index in [1.807, 2.05) is 0 Å². The molecule has 0 bridgehead atoms. The van der Waals surface area contributed by atoms with Gasteiger partial charge in [0.2, 0.25) is 0 Å². The number of aryl methyl sites for hydroxylation is 1. The lowest BCUT2D eigenvalue weighted by Gasteiger charge is -2.16. The van der Waals surface area contributed by atoms with E-state index in [-0.39, 0.29) is 0 Å². The Kier molecular flexibility index (Phi) is 4.37. The van der Waals surface area contributed by atoms with Crippen molar-refractivity contribution < 1.29 is 0 Å². The molecule has 1 saturated heterocycles. The molecule has 2 nitrogen and oxygen atoms in total. The molecule has 21 heavy (non-hydrogen) atoms. The normalized spacial score (nSPS) is 19.0. The molecule has 1 fully saturated rings. The second-order valence-corrected chi connectivity index (χ2v) is 6.14. The Balaban J connectivity index is 1.76. The van der Waals surface area contributed by atoms with Crippen LogP contribution in [0.3, 0.4) is 0 Å². The van der Waals surface area contributed by atoms with E-state index in [1.165, 1.54) is 35.2 Å². The van der Waals surface area contributed by atoms with Gasteiger partial charge in [0.25, 0.3) is 0 Å². The molecule has 0 aliphatic carbocycles. The van der Waals surface area contributed by atoms with Gasteiger partial charge in [0.15, 0.2) is 0 Å². The quantitative estimate of drug-likeness (QED) is 0.929. The molecule has 0 unspecified atom stereocenters. The van der Waals surface area contributed by atoms with Gasteiger partial charge in [-0.3, -0.25) is 4.90 Å². The van der Waals surface area contributed by atoms with Crippen LogP contribution in [-0.4, -0.2) is 24.5 Å². The minimum atomic E-state index is 0.685. The molecule has 1 heterocycles. The summed E-state index contributed by atoms with van der Waals surface area (Å²) in [5.41, 5.74) is 11.2. The van der Waals surface area contributed by atoms with Crippen LogP contribution in [0.25, 0.3) is 11.1 Å². The van der Waals surface area contributed by atoms with Crippen molar-refractivity contribution in [3.8, 4) is 11.1 Å². The lowest BCUT2D eigenvalue weighted by Crippen LogP contribution is -2.22. The summed E-state index contributed by atoms with van der Waals surface area (Å²) in [6, 6.07) is 17.5. The van der Waals surface area contributed by atoms with Gasteiger partial charge in [-0.05, 0) is 60.7 Å². The van der Waals surface area contributed by atoms with Gasteiger partial charge in [0.05, 0.1) is 0 Å². The third kappa shape index (κ3) is 3.34. The first-order valence-electron chi connectivity index (χ1n) is 7.83. The third-order valence-corrected chi connectivity index (χ3v) is 4.49. The van der Waals surface area contributed by atoms with E-state index in [4.69, 9.17) is 5.73 Å². The van der Waals surface area contributed by atoms with Crippen molar-refractivity contribution in [1.29, 1.82) is 0 Å². The standard InChI is InChI=1S/C19H24N2/c1-15-5-2-3-8-19(15)18-7-4-6-16(11-18)13-21-10-9-17(12-20)14-21/h2-8,11,17H,9-10,12-14,20H2,1H3/t17-/m0/s1. The minimum Gasteiger partial charge on any atom is -0.330 e. The van der Waals surface area contributed by atoms with Crippen LogP contribution in [0.1, 0.15) is 17.5 Å². The number of nitrogens with zero attached hydrogens (tertiary/aromatic N) is 1. The van der Waals surface area contributed by atoms with E-state index in [2.05, 4.69) is 60.4 Å². The van der Waals surface area contributed by atoms with Gasteiger partial charge in [-0.2, -0.15) is 0 Å². The molecule has 110 valence electrons. The van der Waals surface area contributed by atoms with Gasteiger partial charge in [-0.15, -0.1) is 0 Å². The molecular formula is C19H24N2. The molecule has 0 saturated carbocycles. The van der Waals surface area contributed by atoms with Gasteiger partial charge in [-0.25, -0.2) is 0 Å². The van der Waals surface area contributed by atoms with E-state index in [9.17, 15) is 0 Å². The maximum absolute atomic E-state index is 5.78. The first-order valence-corrected chi connectivity index (χ1v) is 7.83. The van der Waals surface area contributed by atoms with Crippen molar-refractivity contribution in [3.05, 3.63) is 59.7 Å². The minimum absolute atomic E-state index is 0.685. The summed E-state index contributed by atoms with van der Waals surface area (Å²) in [5.74, 6) is 0.685. The average Bonchev–Trinajstić information content (AvgIpc) is 2.96. The Morgan fingerprint density at radius 2 is 2.00 bits per heavy atom. The predicted molar refractivity (Wildman–Crippen MR) is 89.1 cm³/mol.